The predicted molar refractivity (Wildman–Crippen MR) is 105 cm³/mol. The SMILES string of the molecule is C=C(C)CN(CC)C(=O)COC(=O)c1cccc(OCc2csc(C)n2)c1. The normalized spacial score (nSPS) is 10.3. The lowest BCUT2D eigenvalue weighted by Gasteiger charge is -2.20. The van der Waals surface area contributed by atoms with E-state index in [1.165, 1.54) is 0 Å². The Balaban J connectivity index is 1.90. The van der Waals surface area contributed by atoms with Crippen LogP contribution < -0.4 is 4.74 Å². The van der Waals surface area contributed by atoms with E-state index < -0.39 is 5.97 Å². The van der Waals surface area contributed by atoms with Crippen molar-refractivity contribution in [2.45, 2.75) is 27.4 Å². The number of benzene rings is 1. The first kappa shape index (κ1) is 20.6. The Morgan fingerprint density at radius 2 is 2.11 bits per heavy atom. The van der Waals surface area contributed by atoms with E-state index in [0.29, 0.717) is 31.0 Å². The number of nitrogens with zero attached hydrogens (tertiary/aromatic N) is 2. The fraction of sp³-hybridized carbons (Fsp3) is 0.350. The van der Waals surface area contributed by atoms with E-state index in [0.717, 1.165) is 16.3 Å². The summed E-state index contributed by atoms with van der Waals surface area (Å²) < 4.78 is 10.8. The number of aryl methyl sites for hydroxylation is 1. The van der Waals surface area contributed by atoms with Crippen molar-refractivity contribution in [3.05, 3.63) is 58.1 Å². The minimum atomic E-state index is -0.565. The molecule has 0 aliphatic rings. The number of hydrogen-bond donors (Lipinski definition) is 0. The highest BCUT2D eigenvalue weighted by molar-refractivity contribution is 7.09. The van der Waals surface area contributed by atoms with Crippen LogP contribution in [0.15, 0.2) is 41.8 Å². The molecule has 0 N–H and O–H groups in total. The molecule has 1 amide bonds. The van der Waals surface area contributed by atoms with Crippen LogP contribution >= 0.6 is 11.3 Å². The highest BCUT2D eigenvalue weighted by Crippen LogP contribution is 2.17. The van der Waals surface area contributed by atoms with Crippen molar-refractivity contribution in [1.82, 2.24) is 9.88 Å². The number of ether oxygens (including phenoxy) is 2. The third kappa shape index (κ3) is 6.53. The first-order valence-electron chi connectivity index (χ1n) is 8.62. The smallest absolute Gasteiger partial charge is 0.338 e. The van der Waals surface area contributed by atoms with Gasteiger partial charge < -0.3 is 14.4 Å². The summed E-state index contributed by atoms with van der Waals surface area (Å²) >= 11 is 1.56. The van der Waals surface area contributed by atoms with Crippen molar-refractivity contribution >= 4 is 23.2 Å². The van der Waals surface area contributed by atoms with Gasteiger partial charge in [-0.3, -0.25) is 4.79 Å². The predicted octanol–water partition coefficient (Wildman–Crippen LogP) is 3.61. The first-order chi connectivity index (χ1) is 12.9. The Hall–Kier alpha value is -2.67. The third-order valence-electron chi connectivity index (χ3n) is 3.64. The molecule has 2 aromatic rings. The molecule has 0 atom stereocenters. The number of likely N-dealkylation sites (N-methyl/N-ethyl adjacent to an activating group) is 1. The van der Waals surface area contributed by atoms with Gasteiger partial charge in [0.1, 0.15) is 12.4 Å². The Kier molecular flexibility index (Phi) is 7.55. The van der Waals surface area contributed by atoms with Gasteiger partial charge in [-0.05, 0) is 39.0 Å². The summed E-state index contributed by atoms with van der Waals surface area (Å²) in [5, 5.41) is 2.91. The van der Waals surface area contributed by atoms with Crippen molar-refractivity contribution in [2.75, 3.05) is 19.7 Å². The zero-order valence-corrected chi connectivity index (χ0v) is 16.7. The number of amides is 1. The average molecular weight is 388 g/mol. The molecule has 0 fully saturated rings. The maximum Gasteiger partial charge on any atom is 0.338 e. The van der Waals surface area contributed by atoms with Gasteiger partial charge in [0.2, 0.25) is 0 Å². The second kappa shape index (κ2) is 9.87. The van der Waals surface area contributed by atoms with Crippen molar-refractivity contribution in [3.8, 4) is 5.75 Å². The number of carbonyl (C=O) groups excluding carboxylic acids is 2. The molecule has 1 heterocycles. The second-order valence-corrected chi connectivity index (χ2v) is 7.18. The van der Waals surface area contributed by atoms with Gasteiger partial charge in [-0.15, -0.1) is 11.3 Å². The topological polar surface area (TPSA) is 68.7 Å². The van der Waals surface area contributed by atoms with Crippen molar-refractivity contribution in [1.29, 1.82) is 0 Å². The zero-order chi connectivity index (χ0) is 19.8. The summed E-state index contributed by atoms with van der Waals surface area (Å²) in [6.07, 6.45) is 0. The lowest BCUT2D eigenvalue weighted by atomic mass is 10.2. The van der Waals surface area contributed by atoms with Crippen LogP contribution in [-0.4, -0.2) is 41.5 Å². The van der Waals surface area contributed by atoms with E-state index in [1.807, 2.05) is 26.2 Å². The van der Waals surface area contributed by atoms with Crippen LogP contribution in [0.25, 0.3) is 0 Å². The van der Waals surface area contributed by atoms with Gasteiger partial charge in [0.05, 0.1) is 16.3 Å². The molecular formula is C20H24N2O4S. The number of hydrogen-bond acceptors (Lipinski definition) is 6. The van der Waals surface area contributed by atoms with Gasteiger partial charge in [-0.2, -0.15) is 0 Å². The fourth-order valence-corrected chi connectivity index (χ4v) is 2.95. The molecule has 0 aliphatic heterocycles. The molecule has 1 aromatic heterocycles. The summed E-state index contributed by atoms with van der Waals surface area (Å²) in [6, 6.07) is 6.68. The molecule has 7 heteroatoms. The summed E-state index contributed by atoms with van der Waals surface area (Å²) in [4.78, 5) is 30.3. The highest BCUT2D eigenvalue weighted by atomic mass is 32.1. The van der Waals surface area contributed by atoms with Crippen LogP contribution in [0.3, 0.4) is 0 Å². The van der Waals surface area contributed by atoms with Crippen molar-refractivity contribution in [3.63, 3.8) is 0 Å². The van der Waals surface area contributed by atoms with Crippen molar-refractivity contribution in [2.24, 2.45) is 0 Å². The molecule has 0 spiro atoms. The Labute approximate surface area is 163 Å². The summed E-state index contributed by atoms with van der Waals surface area (Å²) in [7, 11) is 0. The number of carbonyl (C=O) groups is 2. The maximum atomic E-state index is 12.2. The Morgan fingerprint density at radius 1 is 1.33 bits per heavy atom. The van der Waals surface area contributed by atoms with Gasteiger partial charge in [0, 0.05) is 18.5 Å². The standard InChI is InChI=1S/C20H24N2O4S/c1-5-22(10-14(2)3)19(23)12-26-20(24)16-7-6-8-18(9-16)25-11-17-13-27-15(4)21-17/h6-9,13H,2,5,10-12H2,1,3-4H3. The Bertz CT molecular complexity index is 816. The molecular weight excluding hydrogens is 364 g/mol. The minimum absolute atomic E-state index is 0.250. The number of rotatable bonds is 9. The van der Waals surface area contributed by atoms with Crippen LogP contribution in [0.1, 0.15) is 34.9 Å². The van der Waals surface area contributed by atoms with Crippen LogP contribution in [0.5, 0.6) is 5.75 Å². The maximum absolute atomic E-state index is 12.2. The molecule has 0 radical (unpaired) electrons. The zero-order valence-electron chi connectivity index (χ0n) is 15.9. The summed E-state index contributed by atoms with van der Waals surface area (Å²) in [5.74, 6) is -0.274. The molecule has 2 rings (SSSR count). The molecule has 0 saturated heterocycles. The molecule has 0 saturated carbocycles. The van der Waals surface area contributed by atoms with E-state index in [9.17, 15) is 9.59 Å². The monoisotopic (exact) mass is 388 g/mol. The van der Waals surface area contributed by atoms with Crippen LogP contribution in [0.2, 0.25) is 0 Å². The molecule has 6 nitrogen and oxygen atoms in total. The van der Waals surface area contributed by atoms with Crippen LogP contribution in [0.4, 0.5) is 0 Å². The van der Waals surface area contributed by atoms with Gasteiger partial charge >= 0.3 is 5.97 Å². The molecule has 144 valence electrons. The Morgan fingerprint density at radius 3 is 2.74 bits per heavy atom. The third-order valence-corrected chi connectivity index (χ3v) is 4.47. The summed E-state index contributed by atoms with van der Waals surface area (Å²) in [5.41, 5.74) is 2.04. The van der Waals surface area contributed by atoms with E-state index in [4.69, 9.17) is 9.47 Å². The lowest BCUT2D eigenvalue weighted by molar-refractivity contribution is -0.133. The van der Waals surface area contributed by atoms with E-state index in [2.05, 4.69) is 11.6 Å². The highest BCUT2D eigenvalue weighted by Gasteiger charge is 2.15. The lowest BCUT2D eigenvalue weighted by Crippen LogP contribution is -2.35. The molecule has 0 bridgehead atoms. The van der Waals surface area contributed by atoms with Crippen molar-refractivity contribution < 1.29 is 19.1 Å². The molecule has 1 aromatic carbocycles. The van der Waals surface area contributed by atoms with Gasteiger partial charge in [-0.1, -0.05) is 18.2 Å². The second-order valence-electron chi connectivity index (χ2n) is 6.12. The first-order valence-corrected chi connectivity index (χ1v) is 9.50. The largest absolute Gasteiger partial charge is 0.487 e. The number of thiazole rings is 1. The van der Waals surface area contributed by atoms with Gasteiger partial charge in [0.15, 0.2) is 6.61 Å². The fourth-order valence-electron chi connectivity index (χ4n) is 2.35. The van der Waals surface area contributed by atoms with E-state index in [1.54, 1.807) is 40.5 Å². The quantitative estimate of drug-likeness (QED) is 0.485. The van der Waals surface area contributed by atoms with Gasteiger partial charge in [-0.25, -0.2) is 9.78 Å². The molecule has 27 heavy (non-hydrogen) atoms. The number of aromatic nitrogens is 1. The van der Waals surface area contributed by atoms with E-state index in [-0.39, 0.29) is 12.5 Å². The average Bonchev–Trinajstić information content (AvgIpc) is 3.07. The molecule has 0 aliphatic carbocycles. The van der Waals surface area contributed by atoms with Crippen LogP contribution in [0, 0.1) is 6.92 Å². The number of esters is 1. The minimum Gasteiger partial charge on any atom is -0.487 e. The van der Waals surface area contributed by atoms with E-state index >= 15 is 0 Å². The van der Waals surface area contributed by atoms with Crippen LogP contribution in [-0.2, 0) is 16.1 Å². The van der Waals surface area contributed by atoms with Gasteiger partial charge in [0.25, 0.3) is 5.91 Å². The molecule has 0 unspecified atom stereocenters. The summed E-state index contributed by atoms with van der Waals surface area (Å²) in [6.45, 7) is 10.5.